The van der Waals surface area contributed by atoms with E-state index in [1.165, 1.54) is 19.3 Å². The molecule has 1 aliphatic heterocycles. The van der Waals surface area contributed by atoms with Gasteiger partial charge in [-0.1, -0.05) is 6.42 Å². The molecular weight excluding hydrogens is 354 g/mol. The summed E-state index contributed by atoms with van der Waals surface area (Å²) < 4.78 is 3.40. The van der Waals surface area contributed by atoms with Crippen LogP contribution >= 0.6 is 0 Å². The zero-order valence-corrected chi connectivity index (χ0v) is 15.5. The monoisotopic (exact) mass is 375 g/mol. The third kappa shape index (κ3) is 3.05. The highest BCUT2D eigenvalue weighted by Crippen LogP contribution is 2.17. The fraction of sp³-hybridized carbons (Fsp3) is 0.350. The molecule has 28 heavy (non-hydrogen) atoms. The van der Waals surface area contributed by atoms with Crippen LogP contribution < -0.4 is 5.56 Å². The maximum absolute atomic E-state index is 13.0. The lowest BCUT2D eigenvalue weighted by Crippen LogP contribution is -2.34. The van der Waals surface area contributed by atoms with Gasteiger partial charge in [0.25, 0.3) is 11.3 Å². The minimum Gasteiger partial charge on any atom is -0.314 e. The number of pyridine rings is 2. The van der Waals surface area contributed by atoms with Crippen molar-refractivity contribution in [1.29, 1.82) is 0 Å². The normalized spacial score (nSPS) is 15.4. The van der Waals surface area contributed by atoms with Crippen molar-refractivity contribution in [2.45, 2.75) is 25.8 Å². The molecule has 4 aromatic rings. The second-order valence-electron chi connectivity index (χ2n) is 7.16. The van der Waals surface area contributed by atoms with Crippen LogP contribution in [0.15, 0.2) is 47.8 Å². The largest absolute Gasteiger partial charge is 0.314 e. The van der Waals surface area contributed by atoms with E-state index in [1.54, 1.807) is 27.7 Å². The fourth-order valence-electron chi connectivity index (χ4n) is 3.79. The quantitative estimate of drug-likeness (QED) is 0.543. The summed E-state index contributed by atoms with van der Waals surface area (Å²) >= 11 is 0. The SMILES string of the molecule is O=c1c2cnc3nc(-c4cccnc4)nn3c2ccn1CCN1CCCCC1. The van der Waals surface area contributed by atoms with Crippen molar-refractivity contribution < 1.29 is 0 Å². The molecule has 1 saturated heterocycles. The van der Waals surface area contributed by atoms with Crippen LogP contribution in [0.5, 0.6) is 0 Å². The maximum Gasteiger partial charge on any atom is 0.261 e. The average molecular weight is 375 g/mol. The number of likely N-dealkylation sites (tertiary alicyclic amines) is 1. The van der Waals surface area contributed by atoms with Crippen molar-refractivity contribution in [2.75, 3.05) is 19.6 Å². The van der Waals surface area contributed by atoms with Crippen molar-refractivity contribution >= 4 is 16.7 Å². The van der Waals surface area contributed by atoms with Crippen LogP contribution in [0.3, 0.4) is 0 Å². The number of fused-ring (bicyclic) bond motifs is 3. The van der Waals surface area contributed by atoms with Crippen LogP contribution in [0.25, 0.3) is 28.1 Å². The summed E-state index contributed by atoms with van der Waals surface area (Å²) in [5.74, 6) is 1.01. The Bertz CT molecular complexity index is 1180. The Balaban J connectivity index is 1.50. The zero-order chi connectivity index (χ0) is 18.9. The van der Waals surface area contributed by atoms with Gasteiger partial charge in [-0.3, -0.25) is 9.78 Å². The predicted octanol–water partition coefficient (Wildman–Crippen LogP) is 1.99. The first-order valence-corrected chi connectivity index (χ1v) is 9.67. The van der Waals surface area contributed by atoms with E-state index in [1.807, 2.05) is 24.4 Å². The van der Waals surface area contributed by atoms with Crippen LogP contribution in [-0.4, -0.2) is 53.7 Å². The van der Waals surface area contributed by atoms with E-state index >= 15 is 0 Å². The molecule has 5 rings (SSSR count). The average Bonchev–Trinajstić information content (AvgIpc) is 3.19. The van der Waals surface area contributed by atoms with E-state index in [9.17, 15) is 4.79 Å². The molecule has 0 saturated carbocycles. The highest BCUT2D eigenvalue weighted by Gasteiger charge is 2.14. The topological polar surface area (TPSA) is 81.2 Å². The predicted molar refractivity (Wildman–Crippen MR) is 106 cm³/mol. The lowest BCUT2D eigenvalue weighted by Gasteiger charge is -2.26. The number of aromatic nitrogens is 6. The Morgan fingerprint density at radius 2 is 1.93 bits per heavy atom. The standard InChI is InChI=1S/C20H21N7O/c28-19-16-14-22-20-23-18(15-5-4-7-21-13-15)24-27(20)17(16)6-10-26(19)12-11-25-8-2-1-3-9-25/h4-7,10,13-14H,1-3,8-9,11-12H2. The molecule has 0 N–H and O–H groups in total. The first-order valence-electron chi connectivity index (χ1n) is 9.67. The minimum absolute atomic E-state index is 0.0395. The smallest absolute Gasteiger partial charge is 0.261 e. The number of hydrogen-bond acceptors (Lipinski definition) is 6. The first-order chi connectivity index (χ1) is 13.8. The highest BCUT2D eigenvalue weighted by atomic mass is 16.1. The molecule has 5 heterocycles. The van der Waals surface area contributed by atoms with Gasteiger partial charge in [-0.2, -0.15) is 9.50 Å². The van der Waals surface area contributed by atoms with Gasteiger partial charge in [0.05, 0.1) is 10.9 Å². The first kappa shape index (κ1) is 17.0. The summed E-state index contributed by atoms with van der Waals surface area (Å²) in [6, 6.07) is 5.66. The summed E-state index contributed by atoms with van der Waals surface area (Å²) in [5.41, 5.74) is 1.49. The van der Waals surface area contributed by atoms with Gasteiger partial charge < -0.3 is 9.47 Å². The molecule has 0 unspecified atom stereocenters. The number of rotatable bonds is 4. The molecule has 0 spiro atoms. The molecule has 4 aromatic heterocycles. The zero-order valence-electron chi connectivity index (χ0n) is 15.5. The van der Waals surface area contributed by atoms with Crippen molar-refractivity contribution in [1.82, 2.24) is 34.0 Å². The summed E-state index contributed by atoms with van der Waals surface area (Å²) in [6.45, 7) is 3.84. The molecule has 0 bridgehead atoms. The van der Waals surface area contributed by atoms with Crippen molar-refractivity contribution in [3.8, 4) is 11.4 Å². The van der Waals surface area contributed by atoms with E-state index < -0.39 is 0 Å². The van der Waals surface area contributed by atoms with Crippen LogP contribution in [0.2, 0.25) is 0 Å². The van der Waals surface area contributed by atoms with E-state index in [0.717, 1.165) is 25.2 Å². The molecule has 1 fully saturated rings. The van der Waals surface area contributed by atoms with Gasteiger partial charge in [0.15, 0.2) is 5.82 Å². The van der Waals surface area contributed by atoms with Crippen LogP contribution in [0.1, 0.15) is 19.3 Å². The molecule has 8 nitrogen and oxygen atoms in total. The second-order valence-corrected chi connectivity index (χ2v) is 7.16. The Hall–Kier alpha value is -3.13. The van der Waals surface area contributed by atoms with E-state index in [2.05, 4.69) is 25.0 Å². The summed E-state index contributed by atoms with van der Waals surface area (Å²) in [5, 5.41) is 5.10. The molecule has 0 amide bonds. The van der Waals surface area contributed by atoms with Crippen LogP contribution in [0.4, 0.5) is 0 Å². The van der Waals surface area contributed by atoms with Crippen molar-refractivity contribution in [3.63, 3.8) is 0 Å². The van der Waals surface area contributed by atoms with Crippen molar-refractivity contribution in [3.05, 3.63) is 53.3 Å². The Labute approximate surface area is 161 Å². The van der Waals surface area contributed by atoms with Gasteiger partial charge in [-0.25, -0.2) is 4.98 Å². The molecule has 0 aliphatic carbocycles. The van der Waals surface area contributed by atoms with Gasteiger partial charge in [0.1, 0.15) is 0 Å². The molecule has 142 valence electrons. The minimum atomic E-state index is -0.0395. The lowest BCUT2D eigenvalue weighted by molar-refractivity contribution is 0.220. The van der Waals surface area contributed by atoms with Gasteiger partial charge in [-0.05, 0) is 44.1 Å². The Kier molecular flexibility index (Phi) is 4.32. The summed E-state index contributed by atoms with van der Waals surface area (Å²) in [6.07, 6.45) is 10.7. The lowest BCUT2D eigenvalue weighted by atomic mass is 10.1. The van der Waals surface area contributed by atoms with Crippen LogP contribution in [0, 0.1) is 0 Å². The fourth-order valence-corrected chi connectivity index (χ4v) is 3.79. The second kappa shape index (κ2) is 7.12. The molecule has 0 aromatic carbocycles. The molecular formula is C20H21N7O. The van der Waals surface area contributed by atoms with Gasteiger partial charge in [0, 0.05) is 43.4 Å². The van der Waals surface area contributed by atoms with Crippen molar-refractivity contribution in [2.24, 2.45) is 0 Å². The molecule has 0 atom stereocenters. The maximum atomic E-state index is 13.0. The Morgan fingerprint density at radius 1 is 1.04 bits per heavy atom. The summed E-state index contributed by atoms with van der Waals surface area (Å²) in [4.78, 5) is 28.3. The van der Waals surface area contributed by atoms with E-state index in [-0.39, 0.29) is 5.56 Å². The Morgan fingerprint density at radius 3 is 2.75 bits per heavy atom. The van der Waals surface area contributed by atoms with Gasteiger partial charge in [-0.15, -0.1) is 5.10 Å². The summed E-state index contributed by atoms with van der Waals surface area (Å²) in [7, 11) is 0. The number of hydrogen-bond donors (Lipinski definition) is 0. The van der Waals surface area contributed by atoms with Crippen LogP contribution in [-0.2, 0) is 6.54 Å². The third-order valence-electron chi connectivity index (χ3n) is 5.33. The highest BCUT2D eigenvalue weighted by molar-refractivity contribution is 5.79. The van der Waals surface area contributed by atoms with E-state index in [0.29, 0.717) is 29.0 Å². The molecule has 1 aliphatic rings. The third-order valence-corrected chi connectivity index (χ3v) is 5.33. The van der Waals surface area contributed by atoms with E-state index in [4.69, 9.17) is 0 Å². The van der Waals surface area contributed by atoms with Gasteiger partial charge >= 0.3 is 0 Å². The molecule has 8 heteroatoms. The number of piperidine rings is 1. The molecule has 0 radical (unpaired) electrons. The number of nitrogens with zero attached hydrogens (tertiary/aromatic N) is 7. The van der Waals surface area contributed by atoms with Gasteiger partial charge in [0.2, 0.25) is 0 Å².